The Bertz CT molecular complexity index is 1190. The number of ether oxygens (including phenoxy) is 1. The monoisotopic (exact) mass is 445 g/mol. The smallest absolute Gasteiger partial charge is 0.273 e. The van der Waals surface area contributed by atoms with E-state index in [0.717, 1.165) is 42.9 Å². The Hall–Kier alpha value is -3.52. The van der Waals surface area contributed by atoms with Crippen LogP contribution in [0.4, 0.5) is 0 Å². The molecule has 0 saturated carbocycles. The third-order valence-corrected chi connectivity index (χ3v) is 6.44. The van der Waals surface area contributed by atoms with E-state index in [1.807, 2.05) is 30.3 Å². The lowest BCUT2D eigenvalue weighted by atomic mass is 10.0. The van der Waals surface area contributed by atoms with Crippen LogP contribution >= 0.6 is 0 Å². The number of pyridine rings is 1. The SMILES string of the molecule is COc1ccc(CN2CCc3nc(C4CCCN4C(=O)c4ccccn4)[nH]c(=O)c3C2)cc1. The fourth-order valence-corrected chi connectivity index (χ4v) is 4.71. The topological polar surface area (TPSA) is 91.4 Å². The summed E-state index contributed by atoms with van der Waals surface area (Å²) < 4.78 is 5.23. The van der Waals surface area contributed by atoms with Gasteiger partial charge in [0.2, 0.25) is 0 Å². The van der Waals surface area contributed by atoms with Crippen LogP contribution in [0, 0.1) is 0 Å². The second-order valence-electron chi connectivity index (χ2n) is 8.56. The van der Waals surface area contributed by atoms with E-state index in [1.165, 1.54) is 5.56 Å². The van der Waals surface area contributed by atoms with Crippen molar-refractivity contribution < 1.29 is 9.53 Å². The summed E-state index contributed by atoms with van der Waals surface area (Å²) in [6.07, 6.45) is 3.99. The molecule has 1 aromatic carbocycles. The van der Waals surface area contributed by atoms with Crippen LogP contribution in [0.1, 0.15) is 52.0 Å². The Morgan fingerprint density at radius 3 is 2.79 bits per heavy atom. The molecule has 8 heteroatoms. The minimum atomic E-state index is -0.227. The predicted molar refractivity (Wildman–Crippen MR) is 123 cm³/mol. The van der Waals surface area contributed by atoms with Crippen molar-refractivity contribution in [2.45, 2.75) is 38.4 Å². The van der Waals surface area contributed by atoms with E-state index in [9.17, 15) is 9.59 Å². The number of nitrogens with zero attached hydrogens (tertiary/aromatic N) is 4. The van der Waals surface area contributed by atoms with Gasteiger partial charge in [-0.15, -0.1) is 0 Å². The molecule has 33 heavy (non-hydrogen) atoms. The molecule has 0 bridgehead atoms. The average molecular weight is 446 g/mol. The summed E-state index contributed by atoms with van der Waals surface area (Å²) in [6, 6.07) is 13.1. The molecule has 0 radical (unpaired) electrons. The van der Waals surface area contributed by atoms with Crippen LogP contribution in [-0.2, 0) is 19.5 Å². The van der Waals surface area contributed by atoms with Crippen LogP contribution in [0.25, 0.3) is 0 Å². The van der Waals surface area contributed by atoms with Crippen LogP contribution in [0.2, 0.25) is 0 Å². The van der Waals surface area contributed by atoms with Gasteiger partial charge in [-0.25, -0.2) is 4.98 Å². The van der Waals surface area contributed by atoms with Crippen LogP contribution in [0.5, 0.6) is 5.75 Å². The molecule has 5 rings (SSSR count). The van der Waals surface area contributed by atoms with E-state index in [1.54, 1.807) is 30.3 Å². The molecular weight excluding hydrogens is 418 g/mol. The van der Waals surface area contributed by atoms with Gasteiger partial charge >= 0.3 is 0 Å². The Morgan fingerprint density at radius 2 is 2.03 bits per heavy atom. The van der Waals surface area contributed by atoms with Gasteiger partial charge in [0.25, 0.3) is 11.5 Å². The number of nitrogens with one attached hydrogen (secondary N) is 1. The number of rotatable bonds is 5. The van der Waals surface area contributed by atoms with Crippen molar-refractivity contribution in [2.24, 2.45) is 0 Å². The third-order valence-electron chi connectivity index (χ3n) is 6.44. The van der Waals surface area contributed by atoms with Crippen LogP contribution in [-0.4, -0.2) is 50.9 Å². The van der Waals surface area contributed by atoms with Crippen molar-refractivity contribution in [2.75, 3.05) is 20.2 Å². The number of fused-ring (bicyclic) bond motifs is 1. The van der Waals surface area contributed by atoms with Crippen molar-refractivity contribution in [3.63, 3.8) is 0 Å². The number of amides is 1. The molecule has 0 spiro atoms. The summed E-state index contributed by atoms with van der Waals surface area (Å²) in [4.78, 5) is 42.1. The first-order valence-electron chi connectivity index (χ1n) is 11.3. The minimum Gasteiger partial charge on any atom is -0.497 e. The first-order chi connectivity index (χ1) is 16.1. The van der Waals surface area contributed by atoms with Crippen LogP contribution < -0.4 is 10.3 Å². The number of hydrogen-bond donors (Lipinski definition) is 1. The molecular formula is C25H27N5O3. The Kier molecular flexibility index (Phi) is 5.92. The predicted octanol–water partition coefficient (Wildman–Crippen LogP) is 2.71. The van der Waals surface area contributed by atoms with Crippen molar-refractivity contribution in [3.05, 3.63) is 87.4 Å². The zero-order valence-corrected chi connectivity index (χ0v) is 18.7. The third kappa shape index (κ3) is 4.39. The second-order valence-corrected chi connectivity index (χ2v) is 8.56. The molecule has 0 aliphatic carbocycles. The van der Waals surface area contributed by atoms with Gasteiger partial charge in [-0.3, -0.25) is 19.5 Å². The highest BCUT2D eigenvalue weighted by molar-refractivity contribution is 5.92. The summed E-state index contributed by atoms with van der Waals surface area (Å²) in [5.41, 5.74) is 3.05. The molecule has 170 valence electrons. The Morgan fingerprint density at radius 1 is 1.18 bits per heavy atom. The summed E-state index contributed by atoms with van der Waals surface area (Å²) in [7, 11) is 1.66. The molecule has 2 aliphatic rings. The Labute approximate surface area is 192 Å². The van der Waals surface area contributed by atoms with E-state index in [0.29, 0.717) is 31.0 Å². The molecule has 2 aromatic heterocycles. The van der Waals surface area contributed by atoms with Gasteiger partial charge in [-0.1, -0.05) is 18.2 Å². The highest BCUT2D eigenvalue weighted by Gasteiger charge is 2.34. The first kappa shape index (κ1) is 21.3. The van der Waals surface area contributed by atoms with Crippen molar-refractivity contribution in [1.82, 2.24) is 24.8 Å². The zero-order valence-electron chi connectivity index (χ0n) is 18.7. The number of aromatic nitrogens is 3. The molecule has 1 atom stereocenters. The van der Waals surface area contributed by atoms with Crippen LogP contribution in [0.15, 0.2) is 53.5 Å². The lowest BCUT2D eigenvalue weighted by Gasteiger charge is -2.29. The average Bonchev–Trinajstić information content (AvgIpc) is 3.35. The molecule has 1 unspecified atom stereocenters. The number of H-pyrrole nitrogens is 1. The van der Waals surface area contributed by atoms with Crippen molar-refractivity contribution in [1.29, 1.82) is 0 Å². The Balaban J connectivity index is 1.33. The summed E-state index contributed by atoms with van der Waals surface area (Å²) in [5.74, 6) is 1.30. The number of likely N-dealkylation sites (tertiary alicyclic amines) is 1. The molecule has 1 fully saturated rings. The highest BCUT2D eigenvalue weighted by atomic mass is 16.5. The number of methoxy groups -OCH3 is 1. The lowest BCUT2D eigenvalue weighted by molar-refractivity contribution is 0.0723. The molecule has 2 aliphatic heterocycles. The van der Waals surface area contributed by atoms with E-state index < -0.39 is 0 Å². The number of hydrogen-bond acceptors (Lipinski definition) is 6. The first-order valence-corrected chi connectivity index (χ1v) is 11.3. The summed E-state index contributed by atoms with van der Waals surface area (Å²) in [6.45, 7) is 2.79. The van der Waals surface area contributed by atoms with Crippen molar-refractivity contribution >= 4 is 5.91 Å². The molecule has 8 nitrogen and oxygen atoms in total. The van der Waals surface area contributed by atoms with Gasteiger partial charge in [0.05, 0.1) is 24.4 Å². The van der Waals surface area contributed by atoms with Crippen molar-refractivity contribution in [3.8, 4) is 5.75 Å². The van der Waals surface area contributed by atoms with Gasteiger partial charge in [-0.05, 0) is 42.7 Å². The number of aromatic amines is 1. The number of carbonyl (C=O) groups excluding carboxylic acids is 1. The molecule has 1 amide bonds. The van der Waals surface area contributed by atoms with Gasteiger partial charge < -0.3 is 14.6 Å². The van der Waals surface area contributed by atoms with E-state index in [4.69, 9.17) is 9.72 Å². The fourth-order valence-electron chi connectivity index (χ4n) is 4.71. The van der Waals surface area contributed by atoms with E-state index in [2.05, 4.69) is 14.9 Å². The van der Waals surface area contributed by atoms with Gasteiger partial charge in [0, 0.05) is 38.8 Å². The highest BCUT2D eigenvalue weighted by Crippen LogP contribution is 2.31. The molecule has 1 N–H and O–H groups in total. The summed E-state index contributed by atoms with van der Waals surface area (Å²) in [5, 5.41) is 0. The molecule has 1 saturated heterocycles. The standard InChI is InChI=1S/C25H27N5O3/c1-33-18-9-7-17(8-10-18)15-29-14-11-20-19(16-29)24(31)28-23(27-20)22-6-4-13-30(22)25(32)21-5-2-3-12-26-21/h2-3,5,7-10,12,22H,4,6,11,13-16H2,1H3,(H,27,28,31). The largest absolute Gasteiger partial charge is 0.497 e. The van der Waals surface area contributed by atoms with E-state index in [-0.39, 0.29) is 17.5 Å². The maximum atomic E-state index is 13.0. The van der Waals surface area contributed by atoms with E-state index >= 15 is 0 Å². The second kappa shape index (κ2) is 9.15. The number of benzene rings is 1. The fraction of sp³-hybridized carbons (Fsp3) is 0.360. The number of carbonyl (C=O) groups is 1. The molecule has 3 aromatic rings. The maximum Gasteiger partial charge on any atom is 0.273 e. The lowest BCUT2D eigenvalue weighted by Crippen LogP contribution is -2.38. The quantitative estimate of drug-likeness (QED) is 0.649. The van der Waals surface area contributed by atoms with Gasteiger partial charge in [0.1, 0.15) is 17.3 Å². The minimum absolute atomic E-state index is 0.105. The van der Waals surface area contributed by atoms with Gasteiger partial charge in [0.15, 0.2) is 0 Å². The normalized spacial score (nSPS) is 18.2. The molecule has 4 heterocycles. The van der Waals surface area contributed by atoms with Crippen LogP contribution in [0.3, 0.4) is 0 Å². The zero-order chi connectivity index (χ0) is 22.8. The maximum absolute atomic E-state index is 13.0. The van der Waals surface area contributed by atoms with Gasteiger partial charge in [-0.2, -0.15) is 0 Å². The summed E-state index contributed by atoms with van der Waals surface area (Å²) >= 11 is 0.